The minimum Gasteiger partial charge on any atom is -0.493 e. The summed E-state index contributed by atoms with van der Waals surface area (Å²) in [4.78, 5) is 2.41. The van der Waals surface area contributed by atoms with Crippen LogP contribution in [0.1, 0.15) is 30.4 Å². The maximum Gasteiger partial charge on any atom is 0.387 e. The molecule has 3 nitrogen and oxygen atoms in total. The third kappa shape index (κ3) is 6.64. The van der Waals surface area contributed by atoms with E-state index in [9.17, 15) is 8.78 Å². The fourth-order valence-electron chi connectivity index (χ4n) is 3.66. The summed E-state index contributed by atoms with van der Waals surface area (Å²) in [6.45, 7) is -0.910. The maximum absolute atomic E-state index is 12.4. The Kier molecular flexibility index (Phi) is 9.00. The molecule has 3 rings (SSSR count). The molecule has 2 aromatic rings. The molecule has 154 valence electrons. The zero-order valence-electron chi connectivity index (χ0n) is 16.2. The van der Waals surface area contributed by atoms with E-state index in [1.54, 1.807) is 18.2 Å². The van der Waals surface area contributed by atoms with E-state index in [-0.39, 0.29) is 18.2 Å². The van der Waals surface area contributed by atoms with Crippen molar-refractivity contribution in [2.45, 2.75) is 44.8 Å². The number of hydrogen-bond acceptors (Lipinski definition) is 3. The van der Waals surface area contributed by atoms with E-state index in [0.29, 0.717) is 12.6 Å². The normalized spacial score (nSPS) is 16.8. The Hall–Kier alpha value is -1.85. The van der Waals surface area contributed by atoms with E-state index in [2.05, 4.69) is 22.8 Å². The summed E-state index contributed by atoms with van der Waals surface area (Å²) in [5.41, 5.74) is 2.10. The quantitative estimate of drug-likeness (QED) is 0.554. The van der Waals surface area contributed by atoms with Gasteiger partial charge in [0, 0.05) is 6.04 Å². The van der Waals surface area contributed by atoms with Gasteiger partial charge < -0.3 is 14.4 Å². The molecule has 0 unspecified atom stereocenters. The summed E-state index contributed by atoms with van der Waals surface area (Å²) in [5, 5.41) is 0. The Balaban J connectivity index is 0.00000280. The Morgan fingerprint density at radius 3 is 2.68 bits per heavy atom. The second-order valence-electron chi connectivity index (χ2n) is 7.05. The van der Waals surface area contributed by atoms with Crippen molar-refractivity contribution in [1.82, 2.24) is 4.90 Å². The molecule has 28 heavy (non-hydrogen) atoms. The standard InChI is InChI=1S/C22H27F2NO2.ClH/c1-25-14-5-8-19(25)13-15-26-21-10-3-2-7-18(21)12-11-17-6-4-9-20(16-17)27-22(23)24;/h2-4,6-7,9-10,16,19,22H,5,8,11-15H2,1H3;1H/t19-;/m0./s1. The molecule has 1 atom stereocenters. The van der Waals surface area contributed by atoms with Gasteiger partial charge >= 0.3 is 6.61 Å². The lowest BCUT2D eigenvalue weighted by Crippen LogP contribution is -2.26. The minimum absolute atomic E-state index is 0. The van der Waals surface area contributed by atoms with Crippen molar-refractivity contribution >= 4 is 12.4 Å². The van der Waals surface area contributed by atoms with Crippen LogP contribution in [-0.4, -0.2) is 37.8 Å². The van der Waals surface area contributed by atoms with Gasteiger partial charge in [-0.1, -0.05) is 30.3 Å². The first-order chi connectivity index (χ1) is 13.1. The van der Waals surface area contributed by atoms with Crippen LogP contribution in [0.2, 0.25) is 0 Å². The molecule has 0 aliphatic carbocycles. The molecule has 1 aliphatic rings. The number of aryl methyl sites for hydroxylation is 2. The largest absolute Gasteiger partial charge is 0.493 e. The van der Waals surface area contributed by atoms with E-state index >= 15 is 0 Å². The Bertz CT molecular complexity index is 729. The fraction of sp³-hybridized carbons (Fsp3) is 0.455. The molecule has 0 radical (unpaired) electrons. The number of benzene rings is 2. The van der Waals surface area contributed by atoms with Gasteiger partial charge in [-0.15, -0.1) is 12.4 Å². The highest BCUT2D eigenvalue weighted by atomic mass is 35.5. The molecule has 0 amide bonds. The van der Waals surface area contributed by atoms with Crippen LogP contribution in [0.25, 0.3) is 0 Å². The molecule has 2 aromatic carbocycles. The van der Waals surface area contributed by atoms with Crippen molar-refractivity contribution in [3.63, 3.8) is 0 Å². The van der Waals surface area contributed by atoms with Gasteiger partial charge in [0.1, 0.15) is 11.5 Å². The van der Waals surface area contributed by atoms with Crippen LogP contribution in [-0.2, 0) is 12.8 Å². The van der Waals surface area contributed by atoms with Crippen molar-refractivity contribution in [3.8, 4) is 11.5 Å². The van der Waals surface area contributed by atoms with Gasteiger partial charge in [0.15, 0.2) is 0 Å². The smallest absolute Gasteiger partial charge is 0.387 e. The van der Waals surface area contributed by atoms with Crippen LogP contribution in [0.3, 0.4) is 0 Å². The first-order valence-electron chi connectivity index (χ1n) is 9.56. The topological polar surface area (TPSA) is 21.7 Å². The predicted molar refractivity (Wildman–Crippen MR) is 110 cm³/mol. The van der Waals surface area contributed by atoms with Gasteiger partial charge in [0.05, 0.1) is 6.61 Å². The first-order valence-corrected chi connectivity index (χ1v) is 9.56. The van der Waals surface area contributed by atoms with Gasteiger partial charge in [-0.3, -0.25) is 0 Å². The van der Waals surface area contributed by atoms with Gasteiger partial charge in [0.25, 0.3) is 0 Å². The van der Waals surface area contributed by atoms with Crippen molar-refractivity contribution < 1.29 is 18.3 Å². The number of nitrogens with zero attached hydrogens (tertiary/aromatic N) is 1. The molecule has 1 fully saturated rings. The molecule has 0 saturated carbocycles. The third-order valence-corrected chi connectivity index (χ3v) is 5.16. The number of halogens is 3. The summed E-state index contributed by atoms with van der Waals surface area (Å²) >= 11 is 0. The average Bonchev–Trinajstić information content (AvgIpc) is 3.06. The molecular formula is C22H28ClF2NO2. The minimum atomic E-state index is -2.80. The van der Waals surface area contributed by atoms with Gasteiger partial charge in [-0.25, -0.2) is 0 Å². The molecule has 0 spiro atoms. The molecule has 0 N–H and O–H groups in total. The second-order valence-corrected chi connectivity index (χ2v) is 7.05. The molecule has 0 bridgehead atoms. The van der Waals surface area contributed by atoms with Gasteiger partial charge in [0.2, 0.25) is 0 Å². The van der Waals surface area contributed by atoms with Crippen molar-refractivity contribution in [1.29, 1.82) is 0 Å². The summed E-state index contributed by atoms with van der Waals surface area (Å²) in [5.74, 6) is 1.12. The molecule has 1 aliphatic heterocycles. The third-order valence-electron chi connectivity index (χ3n) is 5.16. The lowest BCUT2D eigenvalue weighted by molar-refractivity contribution is -0.0498. The average molecular weight is 412 g/mol. The molecule has 1 heterocycles. The Morgan fingerprint density at radius 1 is 1.11 bits per heavy atom. The van der Waals surface area contributed by atoms with Gasteiger partial charge in [-0.05, 0) is 75.0 Å². The highest BCUT2D eigenvalue weighted by Crippen LogP contribution is 2.23. The number of hydrogen-bond donors (Lipinski definition) is 0. The molecule has 6 heteroatoms. The van der Waals surface area contributed by atoms with Crippen molar-refractivity contribution in [2.75, 3.05) is 20.2 Å². The van der Waals surface area contributed by atoms with Crippen LogP contribution >= 0.6 is 12.4 Å². The van der Waals surface area contributed by atoms with E-state index in [1.165, 1.54) is 19.4 Å². The summed E-state index contributed by atoms with van der Waals surface area (Å²) in [6.07, 6.45) is 5.09. The highest BCUT2D eigenvalue weighted by Gasteiger charge is 2.20. The maximum atomic E-state index is 12.4. The number of alkyl halides is 2. The number of para-hydroxylation sites is 1. The molecule has 1 saturated heterocycles. The van der Waals surface area contributed by atoms with Crippen molar-refractivity contribution in [3.05, 3.63) is 59.7 Å². The van der Waals surface area contributed by atoms with Crippen LogP contribution in [0, 0.1) is 0 Å². The Labute approximate surface area is 172 Å². The zero-order chi connectivity index (χ0) is 19.1. The number of rotatable bonds is 9. The summed E-state index contributed by atoms with van der Waals surface area (Å²) in [6, 6.07) is 15.6. The summed E-state index contributed by atoms with van der Waals surface area (Å²) < 4.78 is 35.3. The lowest BCUT2D eigenvalue weighted by atomic mass is 10.0. The Morgan fingerprint density at radius 2 is 1.93 bits per heavy atom. The predicted octanol–water partition coefficient (Wildman–Crippen LogP) is 5.36. The van der Waals surface area contributed by atoms with E-state index < -0.39 is 6.61 Å². The monoisotopic (exact) mass is 411 g/mol. The summed E-state index contributed by atoms with van der Waals surface area (Å²) in [7, 11) is 2.18. The zero-order valence-corrected chi connectivity index (χ0v) is 17.0. The lowest BCUT2D eigenvalue weighted by Gasteiger charge is -2.20. The van der Waals surface area contributed by atoms with Crippen LogP contribution in [0.4, 0.5) is 8.78 Å². The fourth-order valence-corrected chi connectivity index (χ4v) is 3.66. The van der Waals surface area contributed by atoms with Crippen LogP contribution < -0.4 is 9.47 Å². The van der Waals surface area contributed by atoms with E-state index in [4.69, 9.17) is 4.74 Å². The number of likely N-dealkylation sites (tertiary alicyclic amines) is 1. The van der Waals surface area contributed by atoms with Crippen molar-refractivity contribution in [2.24, 2.45) is 0 Å². The SMILES string of the molecule is CN1CCC[C@H]1CCOc1ccccc1CCc1cccc(OC(F)F)c1.Cl. The number of ether oxygens (including phenoxy) is 2. The van der Waals surface area contributed by atoms with Crippen LogP contribution in [0.5, 0.6) is 11.5 Å². The molecule has 0 aromatic heterocycles. The first kappa shape index (κ1) is 22.4. The highest BCUT2D eigenvalue weighted by molar-refractivity contribution is 5.85. The van der Waals surface area contributed by atoms with Crippen LogP contribution in [0.15, 0.2) is 48.5 Å². The van der Waals surface area contributed by atoms with Gasteiger partial charge in [-0.2, -0.15) is 8.78 Å². The van der Waals surface area contributed by atoms with E-state index in [0.717, 1.165) is 36.1 Å². The van der Waals surface area contributed by atoms with E-state index in [1.807, 2.05) is 24.3 Å². The second kappa shape index (κ2) is 11.2. The molecular weight excluding hydrogens is 384 g/mol.